The van der Waals surface area contributed by atoms with Crippen LogP contribution >= 0.6 is 0 Å². The number of para-hydroxylation sites is 1. The van der Waals surface area contributed by atoms with E-state index < -0.39 is 0 Å². The summed E-state index contributed by atoms with van der Waals surface area (Å²) in [5.41, 5.74) is 5.86. The third-order valence-electron chi connectivity index (χ3n) is 4.36. The van der Waals surface area contributed by atoms with Crippen LogP contribution in [0.5, 0.6) is 0 Å². The van der Waals surface area contributed by atoms with Crippen molar-refractivity contribution in [3.63, 3.8) is 0 Å². The molecule has 0 bridgehead atoms. The van der Waals surface area contributed by atoms with Crippen LogP contribution < -0.4 is 5.01 Å². The lowest BCUT2D eigenvalue weighted by Crippen LogP contribution is -2.21. The topological polar surface area (TPSA) is 32.7 Å². The van der Waals surface area contributed by atoms with Crippen molar-refractivity contribution < 1.29 is 4.79 Å². The number of carbonyl (C=O) groups is 1. The lowest BCUT2D eigenvalue weighted by Gasteiger charge is -2.11. The molecule has 0 atom stereocenters. The van der Waals surface area contributed by atoms with Gasteiger partial charge < -0.3 is 0 Å². The van der Waals surface area contributed by atoms with E-state index in [0.29, 0.717) is 5.57 Å². The van der Waals surface area contributed by atoms with Gasteiger partial charge in [0.15, 0.2) is 0 Å². The van der Waals surface area contributed by atoms with Crippen LogP contribution in [0.4, 0.5) is 5.69 Å². The van der Waals surface area contributed by atoms with Crippen LogP contribution in [-0.4, -0.2) is 11.6 Å². The molecular formula is C21H22N2O. The second-order valence-corrected chi connectivity index (χ2v) is 5.94. The maximum absolute atomic E-state index is 12.8. The van der Waals surface area contributed by atoms with Gasteiger partial charge in [-0.1, -0.05) is 50.2 Å². The highest BCUT2D eigenvalue weighted by Gasteiger charge is 2.28. The molecule has 0 saturated carbocycles. The van der Waals surface area contributed by atoms with Crippen molar-refractivity contribution >= 4 is 23.4 Å². The molecule has 0 N–H and O–H groups in total. The predicted octanol–water partition coefficient (Wildman–Crippen LogP) is 4.62. The van der Waals surface area contributed by atoms with Crippen molar-refractivity contribution in [3.05, 3.63) is 70.8 Å². The van der Waals surface area contributed by atoms with Crippen LogP contribution in [0.1, 0.15) is 37.5 Å². The predicted molar refractivity (Wildman–Crippen MR) is 100 cm³/mol. The zero-order chi connectivity index (χ0) is 17.1. The quantitative estimate of drug-likeness (QED) is 0.757. The van der Waals surface area contributed by atoms with Crippen LogP contribution in [0.15, 0.2) is 59.2 Å². The molecular weight excluding hydrogens is 296 g/mol. The number of carbonyl (C=O) groups excluding carboxylic acids is 1. The van der Waals surface area contributed by atoms with E-state index in [2.05, 4.69) is 37.1 Å². The van der Waals surface area contributed by atoms with Gasteiger partial charge in [-0.3, -0.25) is 4.79 Å². The Labute approximate surface area is 143 Å². The minimum atomic E-state index is -0.0670. The van der Waals surface area contributed by atoms with Crippen molar-refractivity contribution in [2.24, 2.45) is 5.10 Å². The van der Waals surface area contributed by atoms with Crippen molar-refractivity contribution in [1.82, 2.24) is 0 Å². The number of aryl methyl sites for hydroxylation is 2. The summed E-state index contributed by atoms with van der Waals surface area (Å²) < 4.78 is 0. The van der Waals surface area contributed by atoms with Crippen molar-refractivity contribution in [3.8, 4) is 0 Å². The first-order chi connectivity index (χ1) is 11.6. The standard InChI is InChI=1S/C21H22N2O/c1-4-16-11-12-17(5-2)18(13-16)14-20-15(3)22-23(21(20)24)19-9-7-6-8-10-19/h6-14H,4-5H2,1-3H3/b20-14-. The zero-order valence-corrected chi connectivity index (χ0v) is 14.4. The minimum Gasteiger partial charge on any atom is -0.267 e. The normalized spacial score (nSPS) is 16.0. The van der Waals surface area contributed by atoms with Gasteiger partial charge in [-0.2, -0.15) is 10.1 Å². The van der Waals surface area contributed by atoms with E-state index in [0.717, 1.165) is 29.8 Å². The first kappa shape index (κ1) is 16.2. The number of hydrogen-bond acceptors (Lipinski definition) is 2. The summed E-state index contributed by atoms with van der Waals surface area (Å²) in [4.78, 5) is 12.8. The number of hydrogen-bond donors (Lipinski definition) is 0. The van der Waals surface area contributed by atoms with Gasteiger partial charge in [0.25, 0.3) is 5.91 Å². The largest absolute Gasteiger partial charge is 0.280 e. The number of nitrogens with zero attached hydrogens (tertiary/aromatic N) is 2. The molecule has 1 heterocycles. The fourth-order valence-electron chi connectivity index (χ4n) is 2.90. The molecule has 24 heavy (non-hydrogen) atoms. The van der Waals surface area contributed by atoms with Gasteiger partial charge in [0, 0.05) is 0 Å². The molecule has 1 amide bonds. The Morgan fingerprint density at radius 3 is 2.46 bits per heavy atom. The summed E-state index contributed by atoms with van der Waals surface area (Å²) in [6.45, 7) is 6.17. The maximum Gasteiger partial charge on any atom is 0.280 e. The summed E-state index contributed by atoms with van der Waals surface area (Å²) in [7, 11) is 0. The number of hydrazone groups is 1. The number of anilines is 1. The van der Waals surface area contributed by atoms with Gasteiger partial charge in [0.1, 0.15) is 0 Å². The van der Waals surface area contributed by atoms with Crippen LogP contribution in [0.3, 0.4) is 0 Å². The molecule has 122 valence electrons. The number of rotatable bonds is 4. The Hall–Kier alpha value is -2.68. The van der Waals surface area contributed by atoms with Crippen molar-refractivity contribution in [2.45, 2.75) is 33.6 Å². The molecule has 0 aliphatic carbocycles. The van der Waals surface area contributed by atoms with Gasteiger partial charge in [-0.05, 0) is 54.7 Å². The molecule has 0 fully saturated rings. The fraction of sp³-hybridized carbons (Fsp3) is 0.238. The smallest absolute Gasteiger partial charge is 0.267 e. The molecule has 2 aromatic rings. The zero-order valence-electron chi connectivity index (χ0n) is 14.4. The monoisotopic (exact) mass is 318 g/mol. The SMILES string of the molecule is CCc1ccc(CC)c(/C=C2\C(=O)N(c3ccccc3)N=C2C)c1. The van der Waals surface area contributed by atoms with E-state index in [1.807, 2.05) is 43.3 Å². The summed E-state index contributed by atoms with van der Waals surface area (Å²) >= 11 is 0. The Kier molecular flexibility index (Phi) is 4.61. The van der Waals surface area contributed by atoms with Gasteiger partial charge in [-0.15, -0.1) is 0 Å². The summed E-state index contributed by atoms with van der Waals surface area (Å²) in [5.74, 6) is -0.0670. The average Bonchev–Trinajstić information content (AvgIpc) is 2.90. The number of benzene rings is 2. The molecule has 0 spiro atoms. The summed E-state index contributed by atoms with van der Waals surface area (Å²) in [5, 5.41) is 5.93. The lowest BCUT2D eigenvalue weighted by molar-refractivity contribution is -0.114. The van der Waals surface area contributed by atoms with Crippen LogP contribution in [0, 0.1) is 0 Å². The Morgan fingerprint density at radius 2 is 1.79 bits per heavy atom. The first-order valence-corrected chi connectivity index (χ1v) is 8.42. The highest BCUT2D eigenvalue weighted by molar-refractivity contribution is 6.32. The molecule has 1 aliphatic heterocycles. The van der Waals surface area contributed by atoms with E-state index in [1.54, 1.807) is 0 Å². The van der Waals surface area contributed by atoms with Crippen LogP contribution in [-0.2, 0) is 17.6 Å². The number of amides is 1. The first-order valence-electron chi connectivity index (χ1n) is 8.42. The lowest BCUT2D eigenvalue weighted by atomic mass is 9.98. The molecule has 0 radical (unpaired) electrons. The Balaban J connectivity index is 2.00. The van der Waals surface area contributed by atoms with Crippen molar-refractivity contribution in [1.29, 1.82) is 0 Å². The van der Waals surface area contributed by atoms with Gasteiger partial charge >= 0.3 is 0 Å². The third-order valence-corrected chi connectivity index (χ3v) is 4.36. The third kappa shape index (κ3) is 3.02. The highest BCUT2D eigenvalue weighted by Crippen LogP contribution is 2.26. The molecule has 3 rings (SSSR count). The second kappa shape index (κ2) is 6.83. The molecule has 3 nitrogen and oxygen atoms in total. The average molecular weight is 318 g/mol. The Bertz CT molecular complexity index is 819. The second-order valence-electron chi connectivity index (χ2n) is 5.94. The highest BCUT2D eigenvalue weighted by atomic mass is 16.2. The van der Waals surface area contributed by atoms with Gasteiger partial charge in [0.05, 0.1) is 17.0 Å². The molecule has 1 aliphatic rings. The van der Waals surface area contributed by atoms with E-state index >= 15 is 0 Å². The van der Waals surface area contributed by atoms with Gasteiger partial charge in [-0.25, -0.2) is 0 Å². The van der Waals surface area contributed by atoms with E-state index in [1.165, 1.54) is 16.1 Å². The minimum absolute atomic E-state index is 0.0670. The van der Waals surface area contributed by atoms with E-state index in [9.17, 15) is 4.79 Å². The molecule has 0 saturated heterocycles. The van der Waals surface area contributed by atoms with Crippen LogP contribution in [0.25, 0.3) is 6.08 Å². The molecule has 3 heteroatoms. The van der Waals surface area contributed by atoms with Crippen LogP contribution in [0.2, 0.25) is 0 Å². The fourth-order valence-corrected chi connectivity index (χ4v) is 2.90. The Morgan fingerprint density at radius 1 is 1.04 bits per heavy atom. The van der Waals surface area contributed by atoms with Crippen molar-refractivity contribution in [2.75, 3.05) is 5.01 Å². The van der Waals surface area contributed by atoms with E-state index in [-0.39, 0.29) is 5.91 Å². The molecule has 0 aromatic heterocycles. The summed E-state index contributed by atoms with van der Waals surface area (Å²) in [6.07, 6.45) is 3.91. The summed E-state index contributed by atoms with van der Waals surface area (Å²) in [6, 6.07) is 16.0. The molecule has 0 unspecified atom stereocenters. The van der Waals surface area contributed by atoms with Gasteiger partial charge in [0.2, 0.25) is 0 Å². The maximum atomic E-state index is 12.8. The van der Waals surface area contributed by atoms with E-state index in [4.69, 9.17) is 0 Å². The molecule has 2 aromatic carbocycles.